The van der Waals surface area contributed by atoms with E-state index in [0.29, 0.717) is 34.4 Å². The zero-order chi connectivity index (χ0) is 30.4. The van der Waals surface area contributed by atoms with E-state index in [1.165, 1.54) is 12.1 Å². The van der Waals surface area contributed by atoms with Crippen LogP contribution < -0.4 is 10.6 Å². The van der Waals surface area contributed by atoms with E-state index in [1.807, 2.05) is 32.9 Å². The fourth-order valence-electron chi connectivity index (χ4n) is 4.86. The van der Waals surface area contributed by atoms with Crippen LogP contribution in [0.3, 0.4) is 0 Å². The van der Waals surface area contributed by atoms with E-state index in [0.717, 1.165) is 24.0 Å². The third-order valence-corrected chi connectivity index (χ3v) is 7.37. The Balaban J connectivity index is 1.36. The number of carbonyl (C=O) groups excluding carboxylic acids is 3. The Hall–Kier alpha value is -3.62. The molecule has 3 aromatic carbocycles. The highest BCUT2D eigenvalue weighted by molar-refractivity contribution is 6.39. The van der Waals surface area contributed by atoms with Gasteiger partial charge >= 0.3 is 17.9 Å². The Morgan fingerprint density at radius 1 is 0.929 bits per heavy atom. The molecule has 3 amide bonds. The molecule has 222 valence electrons. The number of piperidine rings is 1. The summed E-state index contributed by atoms with van der Waals surface area (Å²) in [5, 5.41) is 6.17. The number of carbonyl (C=O) groups is 3. The van der Waals surface area contributed by atoms with Crippen molar-refractivity contribution in [1.82, 2.24) is 10.2 Å². The minimum absolute atomic E-state index is 0.272. The predicted molar refractivity (Wildman–Crippen MR) is 162 cm³/mol. The fourth-order valence-corrected chi connectivity index (χ4v) is 5.40. The lowest BCUT2D eigenvalue weighted by Gasteiger charge is -2.33. The third kappa shape index (κ3) is 8.94. The monoisotopic (exact) mass is 613 g/mol. The molecule has 1 unspecified atom stereocenters. The van der Waals surface area contributed by atoms with Crippen LogP contribution in [0.5, 0.6) is 0 Å². The van der Waals surface area contributed by atoms with Gasteiger partial charge in [-0.2, -0.15) is 0 Å². The molecule has 1 aliphatic heterocycles. The first-order chi connectivity index (χ1) is 19.9. The van der Waals surface area contributed by atoms with Gasteiger partial charge in [-0.05, 0) is 105 Å². The molecule has 1 saturated heterocycles. The number of anilines is 1. The van der Waals surface area contributed by atoms with Crippen molar-refractivity contribution in [2.24, 2.45) is 0 Å². The maximum Gasteiger partial charge on any atom is 0.410 e. The molecule has 0 aromatic heterocycles. The van der Waals surface area contributed by atoms with Crippen LogP contribution in [0.25, 0.3) is 0 Å². The molecule has 7 nitrogen and oxygen atoms in total. The molecule has 0 bridgehead atoms. The van der Waals surface area contributed by atoms with Gasteiger partial charge < -0.3 is 20.3 Å². The zero-order valence-electron chi connectivity index (χ0n) is 23.8. The lowest BCUT2D eigenvalue weighted by atomic mass is 9.89. The van der Waals surface area contributed by atoms with Crippen molar-refractivity contribution in [1.29, 1.82) is 0 Å². The summed E-state index contributed by atoms with van der Waals surface area (Å²) < 4.78 is 18.9. The molecule has 3 aromatic rings. The van der Waals surface area contributed by atoms with E-state index >= 15 is 0 Å². The van der Waals surface area contributed by atoms with Crippen LogP contribution in [0.15, 0.2) is 66.7 Å². The largest absolute Gasteiger partial charge is 0.444 e. The van der Waals surface area contributed by atoms with Gasteiger partial charge in [0.2, 0.25) is 0 Å². The molecule has 4 rings (SSSR count). The first kappa shape index (κ1) is 31.3. The van der Waals surface area contributed by atoms with Crippen molar-refractivity contribution in [2.75, 3.05) is 18.4 Å². The number of halogens is 3. The minimum Gasteiger partial charge on any atom is -0.444 e. The highest BCUT2D eigenvalue weighted by Crippen LogP contribution is 2.30. The SMILES string of the molecule is CC(C)(C)OC(=O)N1CCC(c2ccc(NC(=O)C(=O)NC(Cc3ccc(F)cc3)c3cc(Cl)cc(Cl)c3)cc2)CC1. The quantitative estimate of drug-likeness (QED) is 0.286. The number of hydrogen-bond acceptors (Lipinski definition) is 4. The standard InChI is InChI=1S/C32H34Cl2FN3O4/c1-32(2,3)42-31(41)38-14-12-22(13-15-38)21-6-10-27(11-7-21)36-29(39)30(40)37-28(16-20-4-8-26(35)9-5-20)23-17-24(33)19-25(34)18-23/h4-11,17-19,22,28H,12-16H2,1-3H3,(H,36,39)(H,37,40). The van der Waals surface area contributed by atoms with Gasteiger partial charge in [0.05, 0.1) is 6.04 Å². The average Bonchev–Trinajstić information content (AvgIpc) is 2.93. The summed E-state index contributed by atoms with van der Waals surface area (Å²) in [7, 11) is 0. The van der Waals surface area contributed by atoms with Crippen LogP contribution >= 0.6 is 23.2 Å². The van der Waals surface area contributed by atoms with Crippen molar-refractivity contribution in [2.45, 2.75) is 57.6 Å². The lowest BCUT2D eigenvalue weighted by Crippen LogP contribution is -2.41. The molecule has 1 atom stereocenters. The lowest BCUT2D eigenvalue weighted by molar-refractivity contribution is -0.136. The van der Waals surface area contributed by atoms with Crippen molar-refractivity contribution < 1.29 is 23.5 Å². The van der Waals surface area contributed by atoms with Gasteiger partial charge in [-0.15, -0.1) is 0 Å². The summed E-state index contributed by atoms with van der Waals surface area (Å²) >= 11 is 12.4. The van der Waals surface area contributed by atoms with Gasteiger partial charge in [-0.25, -0.2) is 9.18 Å². The highest BCUT2D eigenvalue weighted by Gasteiger charge is 2.28. The molecule has 42 heavy (non-hydrogen) atoms. The Labute approximate surface area is 255 Å². The summed E-state index contributed by atoms with van der Waals surface area (Å²) in [5.74, 6) is -1.77. The van der Waals surface area contributed by atoms with Crippen LogP contribution in [0.2, 0.25) is 10.0 Å². The van der Waals surface area contributed by atoms with Crippen LogP contribution in [0.1, 0.15) is 62.3 Å². The Bertz CT molecular complexity index is 1400. The minimum atomic E-state index is -0.836. The topological polar surface area (TPSA) is 87.7 Å². The Morgan fingerprint density at radius 2 is 1.52 bits per heavy atom. The molecule has 2 N–H and O–H groups in total. The fraction of sp³-hybridized carbons (Fsp3) is 0.344. The number of likely N-dealkylation sites (tertiary alicyclic amines) is 1. The number of amides is 3. The van der Waals surface area contributed by atoms with E-state index in [9.17, 15) is 18.8 Å². The number of ether oxygens (including phenoxy) is 1. The molecule has 0 spiro atoms. The van der Waals surface area contributed by atoms with Gasteiger partial charge in [0.1, 0.15) is 11.4 Å². The van der Waals surface area contributed by atoms with E-state index < -0.39 is 23.5 Å². The molecular weight excluding hydrogens is 580 g/mol. The van der Waals surface area contributed by atoms with Crippen molar-refractivity contribution in [3.05, 3.63) is 99.3 Å². The van der Waals surface area contributed by atoms with E-state index in [4.69, 9.17) is 27.9 Å². The van der Waals surface area contributed by atoms with Crippen molar-refractivity contribution in [3.8, 4) is 0 Å². The second kappa shape index (κ2) is 13.6. The summed E-state index contributed by atoms with van der Waals surface area (Å²) in [6.45, 7) is 6.76. The van der Waals surface area contributed by atoms with E-state index in [1.54, 1.807) is 47.4 Å². The van der Waals surface area contributed by atoms with Crippen LogP contribution in [0, 0.1) is 5.82 Å². The Kier molecular flexibility index (Phi) is 10.1. The zero-order valence-corrected chi connectivity index (χ0v) is 25.3. The van der Waals surface area contributed by atoms with Crippen LogP contribution in [-0.2, 0) is 20.7 Å². The average molecular weight is 615 g/mol. The van der Waals surface area contributed by atoms with Gasteiger partial charge in [-0.3, -0.25) is 9.59 Å². The summed E-state index contributed by atoms with van der Waals surface area (Å²) in [6, 6.07) is 17.5. The molecule has 1 heterocycles. The molecule has 0 radical (unpaired) electrons. The first-order valence-electron chi connectivity index (χ1n) is 13.8. The maximum absolute atomic E-state index is 13.4. The molecule has 1 fully saturated rings. The van der Waals surface area contributed by atoms with Crippen LogP contribution in [0.4, 0.5) is 14.9 Å². The number of benzene rings is 3. The van der Waals surface area contributed by atoms with Gasteiger partial charge in [0.15, 0.2) is 0 Å². The second-order valence-electron chi connectivity index (χ2n) is 11.4. The normalized spacial score (nSPS) is 14.7. The number of nitrogens with one attached hydrogen (secondary N) is 2. The Morgan fingerprint density at radius 3 is 2.10 bits per heavy atom. The maximum atomic E-state index is 13.4. The van der Waals surface area contributed by atoms with Gasteiger partial charge in [0, 0.05) is 28.8 Å². The van der Waals surface area contributed by atoms with Crippen LogP contribution in [-0.4, -0.2) is 41.5 Å². The number of rotatable bonds is 6. The molecule has 10 heteroatoms. The first-order valence-corrected chi connectivity index (χ1v) is 14.5. The molecule has 0 saturated carbocycles. The van der Waals surface area contributed by atoms with Gasteiger partial charge in [-0.1, -0.05) is 47.5 Å². The van der Waals surface area contributed by atoms with Gasteiger partial charge in [0.25, 0.3) is 0 Å². The molecule has 1 aliphatic rings. The highest BCUT2D eigenvalue weighted by atomic mass is 35.5. The molecule has 0 aliphatic carbocycles. The van der Waals surface area contributed by atoms with Crippen molar-refractivity contribution in [3.63, 3.8) is 0 Å². The molecular formula is C32H34Cl2FN3O4. The van der Waals surface area contributed by atoms with E-state index in [-0.39, 0.29) is 24.2 Å². The number of hydrogen-bond donors (Lipinski definition) is 2. The summed E-state index contributed by atoms with van der Waals surface area (Å²) in [6.07, 6.45) is 1.60. The second-order valence-corrected chi connectivity index (χ2v) is 12.3. The predicted octanol–water partition coefficient (Wildman–Crippen LogP) is 7.29. The van der Waals surface area contributed by atoms with E-state index in [2.05, 4.69) is 10.6 Å². The summed E-state index contributed by atoms with van der Waals surface area (Å²) in [4.78, 5) is 39.8. The van der Waals surface area contributed by atoms with Crippen molar-refractivity contribution >= 4 is 46.8 Å². The smallest absolute Gasteiger partial charge is 0.410 e. The third-order valence-electron chi connectivity index (χ3n) is 6.94. The summed E-state index contributed by atoms with van der Waals surface area (Å²) in [5.41, 5.74) is 2.41. The number of nitrogens with zero attached hydrogens (tertiary/aromatic N) is 1.